The van der Waals surface area contributed by atoms with E-state index in [1.54, 1.807) is 0 Å². The molecule has 0 unspecified atom stereocenters. The Kier molecular flexibility index (Phi) is 8.32. The molecule has 1 aromatic heterocycles. The van der Waals surface area contributed by atoms with E-state index in [1.807, 2.05) is 0 Å². The zero-order valence-electron chi connectivity index (χ0n) is 19.3. The molecule has 3 aromatic rings. The quantitative estimate of drug-likeness (QED) is 0.379. The van der Waals surface area contributed by atoms with Crippen LogP contribution in [-0.4, -0.2) is 47.5 Å². The van der Waals surface area contributed by atoms with Gasteiger partial charge in [-0.15, -0.1) is 0 Å². The van der Waals surface area contributed by atoms with Crippen LogP contribution in [0.4, 0.5) is 18.9 Å². The Labute approximate surface area is 206 Å². The highest BCUT2D eigenvalue weighted by molar-refractivity contribution is 5.96. The number of hydrogen-bond donors (Lipinski definition) is 4. The predicted octanol–water partition coefficient (Wildman–Crippen LogP) is 2.84. The van der Waals surface area contributed by atoms with Crippen molar-refractivity contribution < 1.29 is 27.8 Å². The topological polar surface area (TPSA) is 110 Å². The third kappa shape index (κ3) is 6.27. The fraction of sp³-hybridized carbons (Fsp3) is 0.308. The van der Waals surface area contributed by atoms with E-state index in [2.05, 4.69) is 15.6 Å². The van der Waals surface area contributed by atoms with Gasteiger partial charge in [0.15, 0.2) is 0 Å². The van der Waals surface area contributed by atoms with Crippen molar-refractivity contribution in [2.75, 3.05) is 18.5 Å². The number of aliphatic hydroxyl groups excluding tert-OH is 1. The van der Waals surface area contributed by atoms with E-state index in [1.165, 1.54) is 54.7 Å². The van der Waals surface area contributed by atoms with Gasteiger partial charge in [-0.1, -0.05) is 24.3 Å². The summed E-state index contributed by atoms with van der Waals surface area (Å²) < 4.78 is 47.3. The van der Waals surface area contributed by atoms with Gasteiger partial charge in [0.1, 0.15) is 23.7 Å². The Morgan fingerprint density at radius 3 is 2.25 bits per heavy atom. The molecule has 4 rings (SSSR count). The number of nitrogens with zero attached hydrogens (tertiary/aromatic N) is 1. The number of benzene rings is 2. The lowest BCUT2D eigenvalue weighted by Gasteiger charge is -2.27. The van der Waals surface area contributed by atoms with Crippen LogP contribution in [0.2, 0.25) is 0 Å². The highest BCUT2D eigenvalue weighted by Gasteiger charge is 2.29. The minimum Gasteiger partial charge on any atom is -0.376 e. The lowest BCUT2D eigenvalue weighted by Crippen LogP contribution is -2.46. The number of halogens is 3. The molecule has 7 nitrogen and oxygen atoms in total. The lowest BCUT2D eigenvalue weighted by atomic mass is 9.85. The monoisotopic (exact) mass is 500 g/mol. The molecule has 1 amide bonds. The minimum atomic E-state index is -1.16. The first-order valence-electron chi connectivity index (χ1n) is 11.5. The van der Waals surface area contributed by atoms with Gasteiger partial charge in [-0.2, -0.15) is 0 Å². The fourth-order valence-corrected chi connectivity index (χ4v) is 4.24. The van der Waals surface area contributed by atoms with Crippen LogP contribution >= 0.6 is 0 Å². The number of nitrogens with two attached hydrogens (primary N) is 1. The molecule has 5 N–H and O–H groups in total. The molecule has 0 bridgehead atoms. The van der Waals surface area contributed by atoms with Gasteiger partial charge in [-0.05, 0) is 48.2 Å². The van der Waals surface area contributed by atoms with Crippen molar-refractivity contribution >= 4 is 11.6 Å². The molecule has 3 atom stereocenters. The number of nitrogens with one attached hydrogen (secondary N) is 2. The number of ether oxygens (including phenoxy) is 1. The van der Waals surface area contributed by atoms with E-state index in [-0.39, 0.29) is 30.4 Å². The van der Waals surface area contributed by atoms with E-state index in [0.717, 1.165) is 6.20 Å². The zero-order chi connectivity index (χ0) is 25.7. The molecule has 1 saturated heterocycles. The van der Waals surface area contributed by atoms with Crippen LogP contribution in [0.3, 0.4) is 0 Å². The van der Waals surface area contributed by atoms with Gasteiger partial charge in [0.05, 0.1) is 36.8 Å². The zero-order valence-corrected chi connectivity index (χ0v) is 19.3. The Hall–Kier alpha value is -3.31. The second-order valence-electron chi connectivity index (χ2n) is 8.66. The molecule has 0 aliphatic carbocycles. The Balaban J connectivity index is 1.54. The first-order chi connectivity index (χ1) is 17.3. The third-order valence-corrected chi connectivity index (χ3v) is 6.17. The van der Waals surface area contributed by atoms with Crippen molar-refractivity contribution in [2.45, 2.75) is 37.1 Å². The maximum absolute atomic E-state index is 14.7. The van der Waals surface area contributed by atoms with Crippen LogP contribution in [0, 0.1) is 17.5 Å². The summed E-state index contributed by atoms with van der Waals surface area (Å²) in [5, 5.41) is 15.1. The SMILES string of the molecule is N[C@H](C(=O)Nc1cncc(F)c1CC[C@@H]1CN[C@H](O)CO1)C(c1ccc(F)cc1)c1ccc(F)cc1. The summed E-state index contributed by atoms with van der Waals surface area (Å²) in [6.07, 6.45) is 2.15. The standard InChI is InChI=1S/C26H27F3N4O3/c27-17-5-1-15(2-6-17)24(16-3-7-18(28)8-4-16)25(30)26(35)33-22-13-31-12-21(29)20(22)10-9-19-11-32-23(34)14-36-19/h1-8,12-13,19,23-25,32,34H,9-11,14,30H2,(H,33,35)/t19-,23-,25+/m1/s1. The first kappa shape index (κ1) is 25.8. The average molecular weight is 501 g/mol. The van der Waals surface area contributed by atoms with E-state index in [0.29, 0.717) is 24.1 Å². The van der Waals surface area contributed by atoms with E-state index in [4.69, 9.17) is 10.5 Å². The van der Waals surface area contributed by atoms with Crippen molar-refractivity contribution in [1.82, 2.24) is 10.3 Å². The molecule has 1 aliphatic rings. The summed E-state index contributed by atoms with van der Waals surface area (Å²) in [6, 6.07) is 9.92. The van der Waals surface area contributed by atoms with Gasteiger partial charge in [0.2, 0.25) is 5.91 Å². The van der Waals surface area contributed by atoms with Gasteiger partial charge in [-0.25, -0.2) is 13.2 Å². The Morgan fingerprint density at radius 1 is 1.08 bits per heavy atom. The second kappa shape index (κ2) is 11.6. The molecular weight excluding hydrogens is 473 g/mol. The largest absolute Gasteiger partial charge is 0.376 e. The number of carbonyl (C=O) groups excluding carboxylic acids is 1. The fourth-order valence-electron chi connectivity index (χ4n) is 4.24. The van der Waals surface area contributed by atoms with Crippen molar-refractivity contribution in [3.05, 3.63) is 95.1 Å². The summed E-state index contributed by atoms with van der Waals surface area (Å²) in [5.41, 5.74) is 7.93. The molecule has 0 spiro atoms. The van der Waals surface area contributed by atoms with E-state index in [9.17, 15) is 23.1 Å². The third-order valence-electron chi connectivity index (χ3n) is 6.17. The predicted molar refractivity (Wildman–Crippen MR) is 128 cm³/mol. The van der Waals surface area contributed by atoms with Crippen molar-refractivity contribution in [1.29, 1.82) is 0 Å². The van der Waals surface area contributed by atoms with Crippen LogP contribution in [0.5, 0.6) is 0 Å². The van der Waals surface area contributed by atoms with Gasteiger partial charge in [0, 0.05) is 18.0 Å². The van der Waals surface area contributed by atoms with E-state index >= 15 is 0 Å². The van der Waals surface area contributed by atoms with Crippen LogP contribution in [-0.2, 0) is 16.0 Å². The number of hydrogen-bond acceptors (Lipinski definition) is 6. The number of anilines is 1. The minimum absolute atomic E-state index is 0.135. The summed E-state index contributed by atoms with van der Waals surface area (Å²) in [6.45, 7) is 0.549. The number of rotatable bonds is 8. The highest BCUT2D eigenvalue weighted by Crippen LogP contribution is 2.29. The van der Waals surface area contributed by atoms with Crippen LogP contribution in [0.15, 0.2) is 60.9 Å². The molecule has 190 valence electrons. The molecule has 10 heteroatoms. The number of pyridine rings is 1. The number of aromatic nitrogens is 1. The molecule has 1 fully saturated rings. The number of carbonyl (C=O) groups is 1. The van der Waals surface area contributed by atoms with Gasteiger partial charge in [0.25, 0.3) is 0 Å². The molecule has 0 saturated carbocycles. The summed E-state index contributed by atoms with van der Waals surface area (Å²) >= 11 is 0. The molecule has 1 aliphatic heterocycles. The van der Waals surface area contributed by atoms with Crippen LogP contribution < -0.4 is 16.4 Å². The van der Waals surface area contributed by atoms with Crippen LogP contribution in [0.1, 0.15) is 29.0 Å². The van der Waals surface area contributed by atoms with Crippen molar-refractivity contribution in [3.8, 4) is 0 Å². The Bertz CT molecular complexity index is 1120. The van der Waals surface area contributed by atoms with E-state index < -0.39 is 41.5 Å². The van der Waals surface area contributed by atoms with Gasteiger partial charge >= 0.3 is 0 Å². The van der Waals surface area contributed by atoms with Crippen LogP contribution in [0.25, 0.3) is 0 Å². The molecule has 2 heterocycles. The summed E-state index contributed by atoms with van der Waals surface area (Å²) in [4.78, 5) is 17.1. The summed E-state index contributed by atoms with van der Waals surface area (Å²) in [7, 11) is 0. The number of aliphatic hydroxyl groups is 1. The normalized spacial score (nSPS) is 18.7. The van der Waals surface area contributed by atoms with Gasteiger partial charge < -0.3 is 20.9 Å². The molecule has 2 aromatic carbocycles. The Morgan fingerprint density at radius 2 is 1.69 bits per heavy atom. The molecule has 36 heavy (non-hydrogen) atoms. The smallest absolute Gasteiger partial charge is 0.242 e. The molecular formula is C26H27F3N4O3. The lowest BCUT2D eigenvalue weighted by molar-refractivity contribution is -0.117. The summed E-state index contributed by atoms with van der Waals surface area (Å²) in [5.74, 6) is -2.81. The van der Waals surface area contributed by atoms with Crippen molar-refractivity contribution in [3.63, 3.8) is 0 Å². The highest BCUT2D eigenvalue weighted by atomic mass is 19.1. The average Bonchev–Trinajstić information content (AvgIpc) is 2.87. The maximum atomic E-state index is 14.7. The maximum Gasteiger partial charge on any atom is 0.242 e. The second-order valence-corrected chi connectivity index (χ2v) is 8.66. The molecule has 0 radical (unpaired) electrons. The first-order valence-corrected chi connectivity index (χ1v) is 11.5. The van der Waals surface area contributed by atoms with Gasteiger partial charge in [-0.3, -0.25) is 15.1 Å². The number of amides is 1. The van der Waals surface area contributed by atoms with Crippen molar-refractivity contribution in [2.24, 2.45) is 5.73 Å². The number of morpholine rings is 1.